The van der Waals surface area contributed by atoms with Crippen LogP contribution in [0.4, 0.5) is 5.69 Å². The zero-order valence-electron chi connectivity index (χ0n) is 8.88. The maximum atomic E-state index is 5.82. The van der Waals surface area contributed by atoms with E-state index in [1.54, 1.807) is 0 Å². The number of aromatic amines is 1. The molecule has 2 heterocycles. The molecular formula is C12H15N3. The highest BCUT2D eigenvalue weighted by atomic mass is 15.1. The summed E-state index contributed by atoms with van der Waals surface area (Å²) in [5.74, 6) is 0. The molecule has 0 aliphatic carbocycles. The number of benzene rings is 1. The van der Waals surface area contributed by atoms with Crippen LogP contribution in [0.25, 0.3) is 10.9 Å². The van der Waals surface area contributed by atoms with Crippen LogP contribution in [0.2, 0.25) is 0 Å². The van der Waals surface area contributed by atoms with E-state index in [0.717, 1.165) is 25.2 Å². The van der Waals surface area contributed by atoms with Gasteiger partial charge in [0, 0.05) is 41.8 Å². The summed E-state index contributed by atoms with van der Waals surface area (Å²) in [7, 11) is 2.16. The third-order valence-corrected chi connectivity index (χ3v) is 3.19. The Kier molecular flexibility index (Phi) is 1.76. The molecule has 0 saturated heterocycles. The Bertz CT molecular complexity index is 513. The van der Waals surface area contributed by atoms with E-state index in [2.05, 4.69) is 29.1 Å². The van der Waals surface area contributed by atoms with Crippen LogP contribution >= 0.6 is 0 Å². The summed E-state index contributed by atoms with van der Waals surface area (Å²) in [5, 5.41) is 1.29. The number of aromatic nitrogens is 1. The van der Waals surface area contributed by atoms with Gasteiger partial charge in [0.2, 0.25) is 0 Å². The second-order valence-corrected chi connectivity index (χ2v) is 4.37. The second-order valence-electron chi connectivity index (χ2n) is 4.37. The predicted octanol–water partition coefficient (Wildman–Crippen LogP) is 1.74. The first-order chi connectivity index (χ1) is 7.24. The van der Waals surface area contributed by atoms with E-state index in [1.165, 1.54) is 22.2 Å². The lowest BCUT2D eigenvalue weighted by molar-refractivity contribution is 0.313. The van der Waals surface area contributed by atoms with Crippen LogP contribution in [0, 0.1) is 0 Å². The van der Waals surface area contributed by atoms with Gasteiger partial charge >= 0.3 is 0 Å². The fourth-order valence-electron chi connectivity index (χ4n) is 2.37. The van der Waals surface area contributed by atoms with Crippen LogP contribution in [0.5, 0.6) is 0 Å². The van der Waals surface area contributed by atoms with Crippen molar-refractivity contribution in [1.29, 1.82) is 0 Å². The number of nitrogens with one attached hydrogen (secondary N) is 1. The van der Waals surface area contributed by atoms with Gasteiger partial charge in [-0.25, -0.2) is 0 Å². The number of likely N-dealkylation sites (N-methyl/N-ethyl adjacent to an activating group) is 1. The van der Waals surface area contributed by atoms with Gasteiger partial charge in [0.25, 0.3) is 0 Å². The summed E-state index contributed by atoms with van der Waals surface area (Å²) in [6.07, 6.45) is 1.11. The Hall–Kier alpha value is -1.48. The van der Waals surface area contributed by atoms with Crippen LogP contribution in [-0.4, -0.2) is 23.5 Å². The van der Waals surface area contributed by atoms with Gasteiger partial charge in [-0.05, 0) is 30.8 Å². The van der Waals surface area contributed by atoms with Gasteiger partial charge in [0.05, 0.1) is 0 Å². The molecule has 1 aromatic carbocycles. The monoisotopic (exact) mass is 201 g/mol. The molecule has 0 amide bonds. The fraction of sp³-hybridized carbons (Fsp3) is 0.333. The van der Waals surface area contributed by atoms with E-state index < -0.39 is 0 Å². The van der Waals surface area contributed by atoms with Gasteiger partial charge in [0.15, 0.2) is 0 Å². The molecule has 0 saturated carbocycles. The van der Waals surface area contributed by atoms with Crippen molar-refractivity contribution in [1.82, 2.24) is 9.88 Å². The van der Waals surface area contributed by atoms with Gasteiger partial charge in [-0.3, -0.25) is 0 Å². The van der Waals surface area contributed by atoms with Crippen LogP contribution in [-0.2, 0) is 13.0 Å². The van der Waals surface area contributed by atoms with Crippen molar-refractivity contribution in [3.63, 3.8) is 0 Å². The second kappa shape index (κ2) is 3.00. The maximum absolute atomic E-state index is 5.82. The first kappa shape index (κ1) is 8.80. The van der Waals surface area contributed by atoms with Crippen LogP contribution in [0.3, 0.4) is 0 Å². The van der Waals surface area contributed by atoms with E-state index >= 15 is 0 Å². The van der Waals surface area contributed by atoms with Crippen molar-refractivity contribution >= 4 is 16.6 Å². The Morgan fingerprint density at radius 3 is 3.13 bits per heavy atom. The van der Waals surface area contributed by atoms with Gasteiger partial charge < -0.3 is 15.6 Å². The first-order valence-corrected chi connectivity index (χ1v) is 5.31. The Labute approximate surface area is 88.9 Å². The minimum Gasteiger partial charge on any atom is -0.399 e. The number of hydrogen-bond acceptors (Lipinski definition) is 2. The van der Waals surface area contributed by atoms with Gasteiger partial charge in [0.1, 0.15) is 0 Å². The highest BCUT2D eigenvalue weighted by Gasteiger charge is 2.17. The average Bonchev–Trinajstić information content (AvgIpc) is 2.56. The molecule has 0 fully saturated rings. The highest BCUT2D eigenvalue weighted by Crippen LogP contribution is 2.28. The number of hydrogen-bond donors (Lipinski definition) is 2. The standard InChI is InChI=1S/C12H15N3/c1-15-5-4-12-10(7-15)9-6-8(13)2-3-11(9)14-12/h2-3,6,14H,4-5,7,13H2,1H3. The Morgan fingerprint density at radius 1 is 1.40 bits per heavy atom. The number of anilines is 1. The summed E-state index contributed by atoms with van der Waals surface area (Å²) >= 11 is 0. The molecule has 1 aliphatic rings. The molecule has 1 aromatic heterocycles. The molecule has 2 aromatic rings. The molecule has 0 radical (unpaired) electrons. The van der Waals surface area contributed by atoms with E-state index in [4.69, 9.17) is 5.73 Å². The minimum absolute atomic E-state index is 0.845. The third-order valence-electron chi connectivity index (χ3n) is 3.19. The van der Waals surface area contributed by atoms with Crippen LogP contribution < -0.4 is 5.73 Å². The van der Waals surface area contributed by atoms with E-state index in [9.17, 15) is 0 Å². The van der Waals surface area contributed by atoms with Crippen molar-refractivity contribution < 1.29 is 0 Å². The molecule has 3 N–H and O–H groups in total. The minimum atomic E-state index is 0.845. The molecule has 1 aliphatic heterocycles. The van der Waals surface area contributed by atoms with Crippen molar-refractivity contribution in [2.75, 3.05) is 19.3 Å². The van der Waals surface area contributed by atoms with Crippen molar-refractivity contribution in [2.45, 2.75) is 13.0 Å². The van der Waals surface area contributed by atoms with Crippen molar-refractivity contribution in [3.8, 4) is 0 Å². The van der Waals surface area contributed by atoms with Crippen LogP contribution in [0.15, 0.2) is 18.2 Å². The van der Waals surface area contributed by atoms with E-state index in [0.29, 0.717) is 0 Å². The SMILES string of the molecule is CN1CCc2[nH]c3ccc(N)cc3c2C1. The first-order valence-electron chi connectivity index (χ1n) is 5.31. The lowest BCUT2D eigenvalue weighted by Crippen LogP contribution is -2.25. The predicted molar refractivity (Wildman–Crippen MR) is 62.7 cm³/mol. The van der Waals surface area contributed by atoms with Gasteiger partial charge in [-0.1, -0.05) is 0 Å². The molecule has 0 spiro atoms. The largest absolute Gasteiger partial charge is 0.399 e. The Balaban J connectivity index is 2.25. The lowest BCUT2D eigenvalue weighted by Gasteiger charge is -2.22. The molecule has 3 nitrogen and oxygen atoms in total. The van der Waals surface area contributed by atoms with E-state index in [1.807, 2.05) is 6.07 Å². The number of rotatable bonds is 0. The smallest absolute Gasteiger partial charge is 0.0460 e. The molecule has 3 heteroatoms. The van der Waals surface area contributed by atoms with E-state index in [-0.39, 0.29) is 0 Å². The topological polar surface area (TPSA) is 45.0 Å². The zero-order chi connectivity index (χ0) is 10.4. The number of nitrogens with two attached hydrogens (primary N) is 1. The molecule has 0 atom stereocenters. The quantitative estimate of drug-likeness (QED) is 0.638. The molecular weight excluding hydrogens is 186 g/mol. The van der Waals surface area contributed by atoms with Crippen molar-refractivity contribution in [2.24, 2.45) is 0 Å². The number of nitrogen functional groups attached to an aromatic ring is 1. The highest BCUT2D eigenvalue weighted by molar-refractivity contribution is 5.87. The lowest BCUT2D eigenvalue weighted by atomic mass is 10.0. The normalized spacial score (nSPS) is 16.9. The fourth-order valence-corrected chi connectivity index (χ4v) is 2.37. The molecule has 15 heavy (non-hydrogen) atoms. The van der Waals surface area contributed by atoms with Gasteiger partial charge in [-0.15, -0.1) is 0 Å². The maximum Gasteiger partial charge on any atom is 0.0460 e. The number of nitrogens with zero attached hydrogens (tertiary/aromatic N) is 1. The third kappa shape index (κ3) is 1.31. The molecule has 78 valence electrons. The molecule has 3 rings (SSSR count). The van der Waals surface area contributed by atoms with Gasteiger partial charge in [-0.2, -0.15) is 0 Å². The molecule has 0 unspecified atom stereocenters. The summed E-state index contributed by atoms with van der Waals surface area (Å²) < 4.78 is 0. The average molecular weight is 201 g/mol. The number of fused-ring (bicyclic) bond motifs is 3. The van der Waals surface area contributed by atoms with Crippen molar-refractivity contribution in [3.05, 3.63) is 29.5 Å². The summed E-state index contributed by atoms with van der Waals surface area (Å²) in [6, 6.07) is 6.10. The summed E-state index contributed by atoms with van der Waals surface area (Å²) in [6.45, 7) is 2.16. The Morgan fingerprint density at radius 2 is 2.27 bits per heavy atom. The van der Waals surface area contributed by atoms with Crippen LogP contribution in [0.1, 0.15) is 11.3 Å². The zero-order valence-corrected chi connectivity index (χ0v) is 8.88. The number of H-pyrrole nitrogens is 1. The molecule has 0 bridgehead atoms. The summed E-state index contributed by atoms with van der Waals surface area (Å²) in [4.78, 5) is 5.83. The summed E-state index contributed by atoms with van der Waals surface area (Å²) in [5.41, 5.74) is 10.7.